The number of rotatable bonds is 3. The Labute approximate surface area is 183 Å². The quantitative estimate of drug-likeness (QED) is 0.495. The van der Waals surface area contributed by atoms with Gasteiger partial charge in [0.25, 0.3) is 5.56 Å². The van der Waals surface area contributed by atoms with Crippen LogP contribution in [-0.2, 0) is 20.1 Å². The first-order valence-electron chi connectivity index (χ1n) is 10.2. The molecule has 31 heavy (non-hydrogen) atoms. The number of halogens is 1. The number of anilines is 2. The zero-order chi connectivity index (χ0) is 21.7. The molecule has 0 bridgehead atoms. The molecule has 0 saturated heterocycles. The van der Waals surface area contributed by atoms with Crippen LogP contribution in [0, 0.1) is 5.92 Å². The van der Waals surface area contributed by atoms with E-state index in [1.165, 1.54) is 9.13 Å². The summed E-state index contributed by atoms with van der Waals surface area (Å²) in [7, 11) is 1.66. The highest BCUT2D eigenvalue weighted by Gasteiger charge is 2.29. The Kier molecular flexibility index (Phi) is 4.70. The van der Waals surface area contributed by atoms with E-state index in [9.17, 15) is 9.59 Å². The topological polar surface area (TPSA) is 65.1 Å². The van der Waals surface area contributed by atoms with Crippen LogP contribution in [0.3, 0.4) is 0 Å². The van der Waals surface area contributed by atoms with Gasteiger partial charge in [0, 0.05) is 30.8 Å². The third-order valence-electron chi connectivity index (χ3n) is 5.75. The number of benzene rings is 2. The van der Waals surface area contributed by atoms with Crippen molar-refractivity contribution >= 4 is 34.4 Å². The molecule has 3 heterocycles. The number of nitrogens with zero attached hydrogens (tertiary/aromatic N) is 5. The fourth-order valence-corrected chi connectivity index (χ4v) is 4.46. The van der Waals surface area contributed by atoms with Crippen LogP contribution in [0.25, 0.3) is 11.2 Å². The second-order valence-electron chi connectivity index (χ2n) is 8.11. The average molecular weight is 436 g/mol. The first-order valence-corrected chi connectivity index (χ1v) is 10.6. The van der Waals surface area contributed by atoms with Gasteiger partial charge >= 0.3 is 5.69 Å². The summed E-state index contributed by atoms with van der Waals surface area (Å²) in [6, 6.07) is 17.1. The third-order valence-corrected chi connectivity index (χ3v) is 5.98. The highest BCUT2D eigenvalue weighted by molar-refractivity contribution is 6.30. The van der Waals surface area contributed by atoms with Crippen molar-refractivity contribution in [2.75, 3.05) is 11.4 Å². The summed E-state index contributed by atoms with van der Waals surface area (Å²) in [4.78, 5) is 33.3. The first-order chi connectivity index (χ1) is 14.9. The maximum absolute atomic E-state index is 13.5. The molecule has 0 N–H and O–H groups in total. The molecule has 0 spiro atoms. The predicted molar refractivity (Wildman–Crippen MR) is 122 cm³/mol. The van der Waals surface area contributed by atoms with Crippen molar-refractivity contribution in [3.05, 3.63) is 86.0 Å². The largest absolute Gasteiger partial charge is 0.332 e. The van der Waals surface area contributed by atoms with E-state index < -0.39 is 0 Å². The van der Waals surface area contributed by atoms with E-state index in [1.54, 1.807) is 7.05 Å². The summed E-state index contributed by atoms with van der Waals surface area (Å²) in [6.07, 6.45) is 0. The van der Waals surface area contributed by atoms with E-state index in [2.05, 4.69) is 11.8 Å². The van der Waals surface area contributed by atoms with Gasteiger partial charge in [0.05, 0.1) is 6.54 Å². The van der Waals surface area contributed by atoms with Crippen LogP contribution in [0.5, 0.6) is 0 Å². The number of hydrogen-bond acceptors (Lipinski definition) is 4. The standard InChI is InChI=1S/C23H22ClN5O2/c1-15-12-27(18-10-6-9-17(24)11-18)22-25-20-19(28(22)13-15)21(30)29(23(31)26(20)2)14-16-7-4-3-5-8-16/h3-11,15H,12-14H2,1-2H3/t15-/m0/s1. The monoisotopic (exact) mass is 435 g/mol. The molecule has 7 nitrogen and oxygen atoms in total. The number of hydrogen-bond donors (Lipinski definition) is 0. The summed E-state index contributed by atoms with van der Waals surface area (Å²) >= 11 is 6.22. The van der Waals surface area contributed by atoms with Gasteiger partial charge in [-0.1, -0.05) is 54.9 Å². The van der Waals surface area contributed by atoms with Crippen LogP contribution < -0.4 is 16.1 Å². The van der Waals surface area contributed by atoms with Gasteiger partial charge in [-0.2, -0.15) is 4.98 Å². The van der Waals surface area contributed by atoms with Gasteiger partial charge in [-0.25, -0.2) is 4.79 Å². The summed E-state index contributed by atoms with van der Waals surface area (Å²) in [6.45, 7) is 3.75. The molecule has 2 aromatic heterocycles. The zero-order valence-corrected chi connectivity index (χ0v) is 18.1. The molecular formula is C23H22ClN5O2. The Bertz CT molecular complexity index is 1400. The molecule has 0 amide bonds. The van der Waals surface area contributed by atoms with E-state index in [4.69, 9.17) is 16.6 Å². The van der Waals surface area contributed by atoms with Gasteiger partial charge in [-0.05, 0) is 29.7 Å². The Morgan fingerprint density at radius 2 is 1.84 bits per heavy atom. The SMILES string of the molecule is C[C@H]1CN(c2cccc(Cl)c2)c2nc3c(c(=O)n(Cc4ccccc4)c(=O)n3C)n2C1. The Balaban J connectivity index is 1.74. The minimum absolute atomic E-state index is 0.219. The summed E-state index contributed by atoms with van der Waals surface area (Å²) in [5, 5.41) is 0.635. The van der Waals surface area contributed by atoms with Crippen molar-refractivity contribution in [2.24, 2.45) is 13.0 Å². The molecule has 0 unspecified atom stereocenters. The van der Waals surface area contributed by atoms with Gasteiger partial charge < -0.3 is 9.47 Å². The molecule has 2 aromatic carbocycles. The van der Waals surface area contributed by atoms with Crippen LogP contribution in [0.4, 0.5) is 11.6 Å². The molecule has 8 heteroatoms. The fourth-order valence-electron chi connectivity index (χ4n) is 4.27. The minimum Gasteiger partial charge on any atom is -0.312 e. The van der Waals surface area contributed by atoms with E-state index in [0.717, 1.165) is 17.8 Å². The van der Waals surface area contributed by atoms with Gasteiger partial charge in [0.1, 0.15) is 0 Å². The van der Waals surface area contributed by atoms with Crippen LogP contribution in [0.2, 0.25) is 5.02 Å². The third kappa shape index (κ3) is 3.25. The van der Waals surface area contributed by atoms with Gasteiger partial charge in [0.2, 0.25) is 5.95 Å². The number of aryl methyl sites for hydroxylation is 1. The first kappa shape index (κ1) is 19.6. The molecule has 5 rings (SSSR count). The smallest absolute Gasteiger partial charge is 0.312 e. The maximum Gasteiger partial charge on any atom is 0.332 e. The van der Waals surface area contributed by atoms with Gasteiger partial charge in [-0.3, -0.25) is 13.9 Å². The molecule has 4 aromatic rings. The van der Waals surface area contributed by atoms with E-state index in [1.807, 2.05) is 59.2 Å². The predicted octanol–water partition coefficient (Wildman–Crippen LogP) is 3.39. The van der Waals surface area contributed by atoms with Crippen molar-refractivity contribution in [3.8, 4) is 0 Å². The molecule has 0 saturated carbocycles. The fraction of sp³-hybridized carbons (Fsp3) is 0.261. The van der Waals surface area contributed by atoms with Crippen molar-refractivity contribution in [2.45, 2.75) is 20.0 Å². The Hall–Kier alpha value is -3.32. The lowest BCUT2D eigenvalue weighted by Gasteiger charge is -2.33. The summed E-state index contributed by atoms with van der Waals surface area (Å²) < 4.78 is 4.69. The Morgan fingerprint density at radius 1 is 1.06 bits per heavy atom. The average Bonchev–Trinajstić information content (AvgIpc) is 3.15. The molecule has 158 valence electrons. The number of aromatic nitrogens is 4. The van der Waals surface area contributed by atoms with Crippen molar-refractivity contribution in [3.63, 3.8) is 0 Å². The normalized spacial score (nSPS) is 16.0. The van der Waals surface area contributed by atoms with Gasteiger partial charge in [-0.15, -0.1) is 0 Å². The van der Waals surface area contributed by atoms with Crippen LogP contribution in [0.1, 0.15) is 12.5 Å². The molecule has 1 atom stereocenters. The lowest BCUT2D eigenvalue weighted by molar-refractivity contribution is 0.458. The van der Waals surface area contributed by atoms with Crippen LogP contribution in [-0.4, -0.2) is 25.2 Å². The molecular weight excluding hydrogens is 414 g/mol. The Morgan fingerprint density at radius 3 is 2.58 bits per heavy atom. The van der Waals surface area contributed by atoms with Crippen molar-refractivity contribution in [1.29, 1.82) is 0 Å². The lowest BCUT2D eigenvalue weighted by Crippen LogP contribution is -2.40. The van der Waals surface area contributed by atoms with E-state index >= 15 is 0 Å². The molecule has 0 radical (unpaired) electrons. The van der Waals surface area contributed by atoms with E-state index in [-0.39, 0.29) is 23.7 Å². The van der Waals surface area contributed by atoms with Crippen LogP contribution in [0.15, 0.2) is 64.2 Å². The second-order valence-corrected chi connectivity index (χ2v) is 8.55. The lowest BCUT2D eigenvalue weighted by atomic mass is 10.1. The maximum atomic E-state index is 13.5. The number of imidazole rings is 1. The summed E-state index contributed by atoms with van der Waals surface area (Å²) in [5.41, 5.74) is 1.96. The van der Waals surface area contributed by atoms with Crippen LogP contribution >= 0.6 is 11.6 Å². The minimum atomic E-state index is -0.376. The van der Waals surface area contributed by atoms with Gasteiger partial charge in [0.15, 0.2) is 11.2 Å². The van der Waals surface area contributed by atoms with Crippen molar-refractivity contribution in [1.82, 2.24) is 18.7 Å². The highest BCUT2D eigenvalue weighted by Crippen LogP contribution is 2.33. The molecule has 0 aliphatic carbocycles. The molecule has 0 fully saturated rings. The zero-order valence-electron chi connectivity index (χ0n) is 17.3. The second kappa shape index (κ2) is 7.42. The number of fused-ring (bicyclic) bond motifs is 3. The molecule has 1 aliphatic rings. The molecule has 1 aliphatic heterocycles. The van der Waals surface area contributed by atoms with Crippen molar-refractivity contribution < 1.29 is 0 Å². The van der Waals surface area contributed by atoms with E-state index in [0.29, 0.717) is 28.7 Å². The highest BCUT2D eigenvalue weighted by atomic mass is 35.5. The summed E-state index contributed by atoms with van der Waals surface area (Å²) in [5.74, 6) is 0.933.